The van der Waals surface area contributed by atoms with E-state index >= 15 is 0 Å². The number of carbonyl (C=O) groups is 2. The minimum absolute atomic E-state index is 0.00153. The predicted octanol–water partition coefficient (Wildman–Crippen LogP) is 4.72. The first-order valence-electron chi connectivity index (χ1n) is 8.38. The molecule has 142 valence electrons. The summed E-state index contributed by atoms with van der Waals surface area (Å²) in [6.07, 6.45) is 0.00153. The molecule has 0 aliphatic heterocycles. The molecule has 28 heavy (non-hydrogen) atoms. The molecule has 0 spiro atoms. The highest BCUT2D eigenvalue weighted by Crippen LogP contribution is 2.33. The van der Waals surface area contributed by atoms with Crippen LogP contribution in [0.15, 0.2) is 68.6 Å². The number of ketones is 1. The normalized spacial score (nSPS) is 11.5. The fourth-order valence-electron chi connectivity index (χ4n) is 2.65. The summed E-state index contributed by atoms with van der Waals surface area (Å²) in [6, 6.07) is 16.8. The van der Waals surface area contributed by atoms with Crippen molar-refractivity contribution in [2.75, 3.05) is 0 Å². The van der Waals surface area contributed by atoms with E-state index in [1.165, 1.54) is 0 Å². The van der Waals surface area contributed by atoms with Gasteiger partial charge in [-0.3, -0.25) is 9.59 Å². The van der Waals surface area contributed by atoms with E-state index in [0.717, 1.165) is 16.3 Å². The van der Waals surface area contributed by atoms with Crippen LogP contribution in [0.1, 0.15) is 18.1 Å². The molecule has 0 saturated carbocycles. The van der Waals surface area contributed by atoms with Crippen molar-refractivity contribution in [3.05, 3.63) is 74.7 Å². The van der Waals surface area contributed by atoms with Crippen molar-refractivity contribution < 1.29 is 14.7 Å². The minimum atomic E-state index is -0.774. The SMILES string of the molecule is C/C(=N/NC(=O)C(=O)Cc1ccc2ccccc2c1)c1cc(Br)c(O)c(Br)c1. The van der Waals surface area contributed by atoms with E-state index in [4.69, 9.17) is 0 Å². The fraction of sp³-hybridized carbons (Fsp3) is 0.0952. The maximum Gasteiger partial charge on any atom is 0.307 e. The number of amides is 1. The minimum Gasteiger partial charge on any atom is -0.506 e. The number of benzene rings is 3. The van der Waals surface area contributed by atoms with E-state index in [2.05, 4.69) is 42.4 Å². The molecule has 3 aromatic carbocycles. The Morgan fingerprint density at radius 2 is 1.64 bits per heavy atom. The molecule has 0 aliphatic carbocycles. The van der Waals surface area contributed by atoms with Crippen LogP contribution < -0.4 is 5.43 Å². The third kappa shape index (κ3) is 4.66. The smallest absolute Gasteiger partial charge is 0.307 e. The Hall–Kier alpha value is -2.51. The number of phenols is 1. The van der Waals surface area contributed by atoms with Gasteiger partial charge in [0.15, 0.2) is 0 Å². The van der Waals surface area contributed by atoms with Gasteiger partial charge in [0.05, 0.1) is 14.7 Å². The third-order valence-corrected chi connectivity index (χ3v) is 5.40. The molecule has 0 bridgehead atoms. The number of phenolic OH excluding ortho intramolecular Hbond substituents is 1. The Labute approximate surface area is 178 Å². The van der Waals surface area contributed by atoms with Crippen LogP contribution >= 0.6 is 31.9 Å². The Kier molecular flexibility index (Phi) is 6.26. The fourth-order valence-corrected chi connectivity index (χ4v) is 3.84. The summed E-state index contributed by atoms with van der Waals surface area (Å²) < 4.78 is 0.982. The number of Topliss-reactive ketones (excluding diaryl/α,β-unsaturated/α-hetero) is 1. The van der Waals surface area contributed by atoms with Gasteiger partial charge in [0.25, 0.3) is 0 Å². The van der Waals surface area contributed by atoms with E-state index in [-0.39, 0.29) is 12.2 Å². The zero-order valence-corrected chi connectivity index (χ0v) is 18.0. The molecule has 3 aromatic rings. The van der Waals surface area contributed by atoms with E-state index in [0.29, 0.717) is 20.2 Å². The zero-order valence-electron chi connectivity index (χ0n) is 14.9. The number of halogens is 2. The average molecular weight is 504 g/mol. The summed E-state index contributed by atoms with van der Waals surface area (Å²) in [5.74, 6) is -1.27. The number of nitrogens with one attached hydrogen (secondary N) is 1. The molecule has 0 unspecified atom stereocenters. The third-order valence-electron chi connectivity index (χ3n) is 4.19. The van der Waals surface area contributed by atoms with Gasteiger partial charge in [0.1, 0.15) is 5.75 Å². The van der Waals surface area contributed by atoms with Gasteiger partial charge in [0.2, 0.25) is 5.78 Å². The second-order valence-corrected chi connectivity index (χ2v) is 7.92. The van der Waals surface area contributed by atoms with E-state index in [1.54, 1.807) is 19.1 Å². The van der Waals surface area contributed by atoms with Crippen LogP contribution in [0.25, 0.3) is 10.8 Å². The summed E-state index contributed by atoms with van der Waals surface area (Å²) in [7, 11) is 0. The molecule has 7 heteroatoms. The van der Waals surface area contributed by atoms with Gasteiger partial charge in [-0.25, -0.2) is 5.43 Å². The van der Waals surface area contributed by atoms with Crippen molar-refractivity contribution in [3.8, 4) is 5.75 Å². The first kappa shape index (κ1) is 20.2. The molecule has 5 nitrogen and oxygen atoms in total. The number of hydrazone groups is 1. The zero-order chi connectivity index (χ0) is 20.3. The van der Waals surface area contributed by atoms with E-state index in [9.17, 15) is 14.7 Å². The highest BCUT2D eigenvalue weighted by molar-refractivity contribution is 9.11. The number of nitrogens with zero attached hydrogens (tertiary/aromatic N) is 1. The van der Waals surface area contributed by atoms with Crippen LogP contribution in [-0.4, -0.2) is 22.5 Å². The van der Waals surface area contributed by atoms with Crippen molar-refractivity contribution in [2.24, 2.45) is 5.10 Å². The van der Waals surface area contributed by atoms with Gasteiger partial charge in [-0.1, -0.05) is 42.5 Å². The molecule has 0 heterocycles. The molecule has 2 N–H and O–H groups in total. The lowest BCUT2D eigenvalue weighted by Gasteiger charge is -2.06. The monoisotopic (exact) mass is 502 g/mol. The molecule has 0 saturated heterocycles. The maximum atomic E-state index is 12.2. The maximum absolute atomic E-state index is 12.2. The second kappa shape index (κ2) is 8.67. The van der Waals surface area contributed by atoms with E-state index < -0.39 is 11.7 Å². The predicted molar refractivity (Wildman–Crippen MR) is 117 cm³/mol. The molecular formula is C21H16Br2N2O3. The van der Waals surface area contributed by atoms with Crippen LogP contribution in [-0.2, 0) is 16.0 Å². The van der Waals surface area contributed by atoms with Gasteiger partial charge in [0, 0.05) is 6.42 Å². The first-order chi connectivity index (χ1) is 13.3. The summed E-state index contributed by atoms with van der Waals surface area (Å²) in [4.78, 5) is 24.3. The van der Waals surface area contributed by atoms with Crippen molar-refractivity contribution in [2.45, 2.75) is 13.3 Å². The molecule has 0 atom stereocenters. The van der Waals surface area contributed by atoms with Crippen LogP contribution in [0, 0.1) is 0 Å². The molecule has 0 radical (unpaired) electrons. The van der Waals surface area contributed by atoms with Gasteiger partial charge in [-0.15, -0.1) is 0 Å². The van der Waals surface area contributed by atoms with Crippen LogP contribution in [0.4, 0.5) is 0 Å². The Morgan fingerprint density at radius 3 is 2.32 bits per heavy atom. The molecule has 1 amide bonds. The summed E-state index contributed by atoms with van der Waals surface area (Å²) in [6.45, 7) is 1.69. The van der Waals surface area contributed by atoms with Crippen LogP contribution in [0.2, 0.25) is 0 Å². The molecule has 3 rings (SSSR count). The van der Waals surface area contributed by atoms with Crippen molar-refractivity contribution >= 4 is 60.0 Å². The lowest BCUT2D eigenvalue weighted by atomic mass is 10.0. The molecule has 0 fully saturated rings. The number of rotatable bonds is 5. The Balaban J connectivity index is 1.68. The van der Waals surface area contributed by atoms with Gasteiger partial charge >= 0.3 is 5.91 Å². The number of fused-ring (bicyclic) bond motifs is 1. The lowest BCUT2D eigenvalue weighted by Crippen LogP contribution is -2.29. The number of carbonyl (C=O) groups excluding carboxylic acids is 2. The van der Waals surface area contributed by atoms with Gasteiger partial charge < -0.3 is 5.11 Å². The van der Waals surface area contributed by atoms with Crippen molar-refractivity contribution in [1.82, 2.24) is 5.43 Å². The first-order valence-corrected chi connectivity index (χ1v) is 9.97. The molecular weight excluding hydrogens is 488 g/mol. The molecule has 0 aliphatic rings. The van der Waals surface area contributed by atoms with Crippen molar-refractivity contribution in [1.29, 1.82) is 0 Å². The van der Waals surface area contributed by atoms with Crippen LogP contribution in [0.5, 0.6) is 5.75 Å². The highest BCUT2D eigenvalue weighted by Gasteiger charge is 2.15. The average Bonchev–Trinajstić information content (AvgIpc) is 2.69. The largest absolute Gasteiger partial charge is 0.506 e. The summed E-state index contributed by atoms with van der Waals surface area (Å²) >= 11 is 6.49. The second-order valence-electron chi connectivity index (χ2n) is 6.21. The topological polar surface area (TPSA) is 78.8 Å². The number of hydrogen-bond acceptors (Lipinski definition) is 4. The number of hydrogen-bond donors (Lipinski definition) is 2. The number of aromatic hydroxyl groups is 1. The van der Waals surface area contributed by atoms with Crippen molar-refractivity contribution in [3.63, 3.8) is 0 Å². The van der Waals surface area contributed by atoms with Crippen LogP contribution in [0.3, 0.4) is 0 Å². The summed E-state index contributed by atoms with van der Waals surface area (Å²) in [5.41, 5.74) is 4.24. The van der Waals surface area contributed by atoms with E-state index in [1.807, 2.05) is 42.5 Å². The summed E-state index contributed by atoms with van der Waals surface area (Å²) in [5, 5.41) is 15.9. The highest BCUT2D eigenvalue weighted by atomic mass is 79.9. The van der Waals surface area contributed by atoms with Gasteiger partial charge in [-0.05, 0) is 72.8 Å². The standard InChI is InChI=1S/C21H16Br2N2O3/c1-12(16-10-17(22)20(27)18(23)11-16)24-25-21(28)19(26)9-13-6-7-14-4-2-3-5-15(14)8-13/h2-8,10-11,27H,9H2,1H3,(H,25,28)/b24-12-. The Morgan fingerprint density at radius 1 is 1.00 bits per heavy atom. The lowest BCUT2D eigenvalue weighted by molar-refractivity contribution is -0.137. The quantitative estimate of drug-likeness (QED) is 0.300. The Bertz CT molecular complexity index is 1090. The van der Waals surface area contributed by atoms with Gasteiger partial charge in [-0.2, -0.15) is 5.10 Å². The molecule has 0 aromatic heterocycles.